The van der Waals surface area contributed by atoms with E-state index in [1.165, 1.54) is 17.5 Å². The van der Waals surface area contributed by atoms with E-state index in [1.54, 1.807) is 4.90 Å². The van der Waals surface area contributed by atoms with E-state index in [2.05, 4.69) is 39.4 Å². The molecular formula is C25H30N4O2. The summed E-state index contributed by atoms with van der Waals surface area (Å²) in [6, 6.07) is 17.0. The molecule has 162 valence electrons. The first-order chi connectivity index (χ1) is 15.2. The molecular weight excluding hydrogens is 388 g/mol. The Hall–Kier alpha value is -2.86. The second-order valence-corrected chi connectivity index (χ2v) is 8.85. The molecule has 0 aromatic heterocycles. The van der Waals surface area contributed by atoms with Crippen molar-refractivity contribution in [2.75, 3.05) is 37.6 Å². The van der Waals surface area contributed by atoms with E-state index in [9.17, 15) is 9.59 Å². The van der Waals surface area contributed by atoms with Crippen molar-refractivity contribution in [3.8, 4) is 0 Å². The van der Waals surface area contributed by atoms with Gasteiger partial charge in [-0.3, -0.25) is 14.6 Å². The van der Waals surface area contributed by atoms with Crippen LogP contribution in [0.25, 0.3) is 0 Å². The zero-order valence-corrected chi connectivity index (χ0v) is 17.9. The van der Waals surface area contributed by atoms with E-state index in [0.29, 0.717) is 25.6 Å². The van der Waals surface area contributed by atoms with Crippen LogP contribution in [0.5, 0.6) is 0 Å². The molecule has 0 bridgehead atoms. The number of hydrogen-bond donors (Lipinski definition) is 1. The molecule has 3 amide bonds. The smallest absolute Gasteiger partial charge is 0.321 e. The second-order valence-electron chi connectivity index (χ2n) is 8.85. The van der Waals surface area contributed by atoms with Crippen LogP contribution >= 0.6 is 0 Å². The van der Waals surface area contributed by atoms with Gasteiger partial charge in [-0.1, -0.05) is 36.4 Å². The number of likely N-dealkylation sites (tertiary alicyclic amines) is 1. The highest BCUT2D eigenvalue weighted by Gasteiger charge is 2.30. The topological polar surface area (TPSA) is 55.9 Å². The van der Waals surface area contributed by atoms with Crippen molar-refractivity contribution in [2.45, 2.75) is 38.3 Å². The van der Waals surface area contributed by atoms with Crippen molar-refractivity contribution in [1.29, 1.82) is 0 Å². The van der Waals surface area contributed by atoms with Gasteiger partial charge in [0.25, 0.3) is 0 Å². The maximum Gasteiger partial charge on any atom is 0.321 e. The molecule has 0 radical (unpaired) electrons. The van der Waals surface area contributed by atoms with Crippen LogP contribution in [0.1, 0.15) is 29.5 Å². The third-order valence-corrected chi connectivity index (χ3v) is 6.89. The fourth-order valence-electron chi connectivity index (χ4n) is 5.11. The third kappa shape index (κ3) is 4.30. The number of benzene rings is 2. The van der Waals surface area contributed by atoms with E-state index in [1.807, 2.05) is 24.3 Å². The minimum Gasteiger partial charge on any atom is -0.341 e. The molecule has 3 aliphatic heterocycles. The van der Waals surface area contributed by atoms with E-state index >= 15 is 0 Å². The molecule has 0 saturated carbocycles. The summed E-state index contributed by atoms with van der Waals surface area (Å²) in [7, 11) is 0. The van der Waals surface area contributed by atoms with Crippen LogP contribution in [0.2, 0.25) is 0 Å². The maximum atomic E-state index is 13.0. The second kappa shape index (κ2) is 8.71. The molecule has 1 atom stereocenters. The van der Waals surface area contributed by atoms with Crippen molar-refractivity contribution in [3.05, 3.63) is 65.2 Å². The minimum absolute atomic E-state index is 0.0523. The van der Waals surface area contributed by atoms with Gasteiger partial charge < -0.3 is 10.2 Å². The Morgan fingerprint density at radius 2 is 1.81 bits per heavy atom. The first-order valence-corrected chi connectivity index (χ1v) is 11.4. The molecule has 2 fully saturated rings. The number of carbonyl (C=O) groups excluding carboxylic acids is 2. The Morgan fingerprint density at radius 1 is 1.00 bits per heavy atom. The fraction of sp³-hybridized carbons (Fsp3) is 0.440. The average molecular weight is 419 g/mol. The normalized spacial score (nSPS) is 21.7. The van der Waals surface area contributed by atoms with Crippen LogP contribution < -0.4 is 10.2 Å². The number of rotatable bonds is 4. The summed E-state index contributed by atoms with van der Waals surface area (Å²) in [5, 5.41) is 2.82. The lowest BCUT2D eigenvalue weighted by atomic mass is 9.96. The summed E-state index contributed by atoms with van der Waals surface area (Å²) in [4.78, 5) is 31.2. The number of amides is 3. The quantitative estimate of drug-likeness (QED) is 0.831. The summed E-state index contributed by atoms with van der Waals surface area (Å²) in [6.45, 7) is 5.12. The Bertz CT molecular complexity index is 958. The molecule has 0 aliphatic carbocycles. The highest BCUT2D eigenvalue weighted by molar-refractivity contribution is 5.94. The molecule has 3 heterocycles. The van der Waals surface area contributed by atoms with E-state index < -0.39 is 0 Å². The zero-order chi connectivity index (χ0) is 21.2. The Kier molecular flexibility index (Phi) is 5.64. The molecule has 5 rings (SSSR count). The van der Waals surface area contributed by atoms with E-state index in [4.69, 9.17) is 0 Å². The number of urea groups is 1. The summed E-state index contributed by atoms with van der Waals surface area (Å²) < 4.78 is 0. The third-order valence-electron chi connectivity index (χ3n) is 6.89. The van der Waals surface area contributed by atoms with Crippen molar-refractivity contribution < 1.29 is 9.59 Å². The minimum atomic E-state index is -0.0523. The lowest BCUT2D eigenvalue weighted by Gasteiger charge is -2.41. The van der Waals surface area contributed by atoms with Crippen molar-refractivity contribution >= 4 is 17.6 Å². The van der Waals surface area contributed by atoms with Gasteiger partial charge in [-0.2, -0.15) is 0 Å². The van der Waals surface area contributed by atoms with Crippen molar-refractivity contribution in [1.82, 2.24) is 15.1 Å². The molecule has 6 nitrogen and oxygen atoms in total. The first-order valence-electron chi connectivity index (χ1n) is 11.4. The SMILES string of the molecule is O=C(Cc1ccc(N2CCNC2=O)cc1)N1CCCC(N2CCc3ccccc3C2)C1. The fourth-order valence-corrected chi connectivity index (χ4v) is 5.11. The van der Waals surface area contributed by atoms with Gasteiger partial charge in [0, 0.05) is 51.0 Å². The molecule has 2 saturated heterocycles. The number of fused-ring (bicyclic) bond motifs is 1. The number of nitrogens with zero attached hydrogens (tertiary/aromatic N) is 3. The molecule has 0 spiro atoms. The summed E-state index contributed by atoms with van der Waals surface area (Å²) in [5.74, 6) is 0.203. The van der Waals surface area contributed by atoms with Crippen LogP contribution in [-0.4, -0.2) is 60.5 Å². The molecule has 3 aliphatic rings. The number of anilines is 1. The van der Waals surface area contributed by atoms with Gasteiger partial charge in [-0.25, -0.2) is 4.79 Å². The predicted molar refractivity (Wildman–Crippen MR) is 121 cm³/mol. The molecule has 2 aromatic carbocycles. The van der Waals surface area contributed by atoms with Gasteiger partial charge in [-0.05, 0) is 48.1 Å². The lowest BCUT2D eigenvalue weighted by molar-refractivity contribution is -0.132. The number of nitrogens with one attached hydrogen (secondary N) is 1. The van der Waals surface area contributed by atoms with Gasteiger partial charge >= 0.3 is 6.03 Å². The lowest BCUT2D eigenvalue weighted by Crippen LogP contribution is -2.51. The monoisotopic (exact) mass is 418 g/mol. The molecule has 6 heteroatoms. The number of piperidine rings is 1. The van der Waals surface area contributed by atoms with E-state index in [0.717, 1.165) is 50.3 Å². The first kappa shape index (κ1) is 20.1. The molecule has 1 N–H and O–H groups in total. The van der Waals surface area contributed by atoms with Crippen molar-refractivity contribution in [3.63, 3.8) is 0 Å². The summed E-state index contributed by atoms with van der Waals surface area (Å²) >= 11 is 0. The predicted octanol–water partition coefficient (Wildman–Crippen LogP) is 2.81. The van der Waals surface area contributed by atoms with E-state index in [-0.39, 0.29) is 11.9 Å². The van der Waals surface area contributed by atoms with Gasteiger partial charge in [-0.15, -0.1) is 0 Å². The zero-order valence-electron chi connectivity index (χ0n) is 17.9. The van der Waals surface area contributed by atoms with Crippen LogP contribution in [0, 0.1) is 0 Å². The maximum absolute atomic E-state index is 13.0. The van der Waals surface area contributed by atoms with Gasteiger partial charge in [0.15, 0.2) is 0 Å². The van der Waals surface area contributed by atoms with Crippen molar-refractivity contribution in [2.24, 2.45) is 0 Å². The highest BCUT2D eigenvalue weighted by atomic mass is 16.2. The molecule has 2 aromatic rings. The summed E-state index contributed by atoms with van der Waals surface area (Å²) in [5.41, 5.74) is 4.79. The van der Waals surface area contributed by atoms with Gasteiger partial charge in [0.05, 0.1) is 6.42 Å². The Morgan fingerprint density at radius 3 is 2.58 bits per heavy atom. The van der Waals surface area contributed by atoms with Crippen LogP contribution in [0.3, 0.4) is 0 Å². The van der Waals surface area contributed by atoms with Crippen LogP contribution in [0.15, 0.2) is 48.5 Å². The number of carbonyl (C=O) groups is 2. The number of hydrogen-bond acceptors (Lipinski definition) is 3. The van der Waals surface area contributed by atoms with Gasteiger partial charge in [0.2, 0.25) is 5.91 Å². The van der Waals surface area contributed by atoms with Crippen LogP contribution in [0.4, 0.5) is 10.5 Å². The molecule has 1 unspecified atom stereocenters. The Balaban J connectivity index is 1.19. The van der Waals surface area contributed by atoms with Crippen LogP contribution in [-0.2, 0) is 24.2 Å². The van der Waals surface area contributed by atoms with Gasteiger partial charge in [0.1, 0.15) is 0 Å². The largest absolute Gasteiger partial charge is 0.341 e. The summed E-state index contributed by atoms with van der Waals surface area (Å²) in [6.07, 6.45) is 3.75. The molecule has 31 heavy (non-hydrogen) atoms. The Labute approximate surface area is 183 Å². The highest BCUT2D eigenvalue weighted by Crippen LogP contribution is 2.25. The average Bonchev–Trinajstić information content (AvgIpc) is 3.25. The standard InChI is InChI=1S/C25H30N4O2/c30-24(16-19-7-9-22(10-8-19)29-15-12-26-25(29)31)28-13-3-6-23(18-28)27-14-11-20-4-1-2-5-21(20)17-27/h1-2,4-5,7-10,23H,3,6,11-18H2,(H,26,31).